The fourth-order valence-corrected chi connectivity index (χ4v) is 19.1. The van der Waals surface area contributed by atoms with Crippen LogP contribution in [0.4, 0.5) is 0 Å². The molecule has 12 unspecified atom stereocenters. The van der Waals surface area contributed by atoms with Crippen LogP contribution in [0.2, 0.25) is 0 Å². The standard InChI is InChI=1S/C19H22NO4S2.C18H19NO4S2.C11H10O2S2.C9H16NO2.2CH4.2BrH/c1-20(2)12-9-11(10-13(20)17-16(12)24-17)23-18(21)19(22,14-5-3-7-25-14)15-6-4-8-26-15;1-19-11-8-10(9-12(19)16-15(11)23-16)22-17(20)18(21,13-4-2-6-24-13)14-5-3-7-25-14;1-8(12)11(13,9-4-2-6-14-9)10-5-3-7-15-10;1-10(2)6-3-5(11)4-7(10)9-8(6)12-9;;;;/h3-8,11-13,16-17,22H,9-10H2,1-2H3;2-7,10-12,15-16,21H,8-9H2,1H3;2-7,13H,1H3;5-9,11H,3-4H2,1-2H3;2*1H4;2*1H/q+1;;;+1;;;;/p-2. The number of quaternary nitrogens is 2. The first-order valence-electron chi connectivity index (χ1n) is 26.6. The van der Waals surface area contributed by atoms with E-state index in [1.165, 1.54) is 74.9 Å². The van der Waals surface area contributed by atoms with Crippen molar-refractivity contribution in [3.05, 3.63) is 134 Å². The van der Waals surface area contributed by atoms with Crippen molar-refractivity contribution in [1.29, 1.82) is 0 Å². The molecule has 0 radical (unpaired) electrons. The molecule has 23 heteroatoms. The molecule has 82 heavy (non-hydrogen) atoms. The molecule has 9 fully saturated rings. The predicted molar refractivity (Wildman–Crippen MR) is 313 cm³/mol. The number of aliphatic hydroxyl groups excluding tert-OH is 1. The minimum absolute atomic E-state index is 0. The van der Waals surface area contributed by atoms with Gasteiger partial charge in [-0.3, -0.25) is 9.69 Å². The monoisotopic (exact) mass is 1370 g/mol. The maximum absolute atomic E-state index is 13.1. The van der Waals surface area contributed by atoms with Crippen LogP contribution in [-0.2, 0) is 54.9 Å². The number of carbonyl (C=O) groups excluding carboxylic acids is 3. The van der Waals surface area contributed by atoms with E-state index in [1.54, 1.807) is 36.4 Å². The second-order valence-corrected chi connectivity index (χ2v) is 28.9. The SMILES string of the molecule is C.C.CC(=O)C(O)(c1cccs1)c1cccs1.CN1C2CC(OC(=O)C(O)(c3cccs3)c3cccs3)CC1C1OC12.C[N+]1(C)C2CC(O)CC1C1OC12.C[N+]1(C)C2CC(OC(=O)C(O)(c3cccs3)c3cccs3)CC1C1OC12.[Br-].[Br-]. The fourth-order valence-electron chi connectivity index (χ4n) is 13.8. The summed E-state index contributed by atoms with van der Waals surface area (Å²) in [5.41, 5.74) is -4.89. The summed E-state index contributed by atoms with van der Waals surface area (Å²) in [5.74, 6) is -1.37. The molecule has 9 aliphatic heterocycles. The zero-order chi connectivity index (χ0) is 54.7. The number of hydrogen-bond acceptors (Lipinski definition) is 19. The number of Topliss-reactive ketones (excluding diaryl/α,β-unsaturated/α-hetero) is 1. The third-order valence-corrected chi connectivity index (χ3v) is 24.3. The number of thiophene rings is 6. The van der Waals surface area contributed by atoms with E-state index in [1.807, 2.05) is 68.7 Å². The van der Waals surface area contributed by atoms with Crippen LogP contribution in [-0.4, -0.2) is 178 Å². The number of nitrogens with zero attached hydrogens (tertiary/aromatic N) is 3. The highest BCUT2D eigenvalue weighted by Gasteiger charge is 2.72. The van der Waals surface area contributed by atoms with Crippen molar-refractivity contribution in [1.82, 2.24) is 4.90 Å². The van der Waals surface area contributed by atoms with Gasteiger partial charge in [-0.25, -0.2) is 9.59 Å². The second kappa shape index (κ2) is 24.9. The minimum atomic E-state index is -1.72. The summed E-state index contributed by atoms with van der Waals surface area (Å²) < 4.78 is 30.8. The van der Waals surface area contributed by atoms with E-state index in [-0.39, 0.29) is 72.9 Å². The van der Waals surface area contributed by atoms with Gasteiger partial charge in [0.1, 0.15) is 73.0 Å². The molecule has 15 rings (SSSR count). The Morgan fingerprint density at radius 1 is 0.488 bits per heavy atom. The summed E-state index contributed by atoms with van der Waals surface area (Å²) in [6.45, 7) is 1.42. The van der Waals surface area contributed by atoms with Crippen molar-refractivity contribution in [2.45, 2.75) is 168 Å². The molecule has 0 spiro atoms. The molecule has 9 saturated heterocycles. The van der Waals surface area contributed by atoms with Gasteiger partial charge in [-0.1, -0.05) is 51.3 Å². The molecule has 6 aromatic rings. The van der Waals surface area contributed by atoms with Crippen LogP contribution in [0, 0.1) is 0 Å². The molecule has 0 amide bonds. The summed E-state index contributed by atoms with van der Waals surface area (Å²) in [4.78, 5) is 43.9. The summed E-state index contributed by atoms with van der Waals surface area (Å²) in [7, 11) is 11.2. The lowest BCUT2D eigenvalue weighted by Gasteiger charge is -2.45. The second-order valence-electron chi connectivity index (χ2n) is 23.2. The van der Waals surface area contributed by atoms with Crippen molar-refractivity contribution < 1.29 is 101 Å². The molecule has 448 valence electrons. The molecule has 15 nitrogen and oxygen atoms in total. The predicted octanol–water partition coefficient (Wildman–Crippen LogP) is 2.20. The normalized spacial score (nSPS) is 32.1. The molecule has 12 atom stereocenters. The van der Waals surface area contributed by atoms with Gasteiger partial charge in [0.15, 0.2) is 11.4 Å². The Hall–Kier alpha value is -2.63. The number of morpholine rings is 3. The number of rotatable bonds is 11. The smallest absolute Gasteiger partial charge is 0.349 e. The highest BCUT2D eigenvalue weighted by atomic mass is 79.9. The lowest BCUT2D eigenvalue weighted by atomic mass is 9.95. The molecule has 0 aliphatic carbocycles. The zero-order valence-corrected chi connectivity index (χ0v) is 53.0. The Balaban J connectivity index is 0.000000147. The number of hydrogen-bond donors (Lipinski definition) is 4. The van der Waals surface area contributed by atoms with Crippen LogP contribution in [0.1, 0.15) is 89.6 Å². The topological polar surface area (TPSA) is 191 Å². The molecule has 0 aromatic carbocycles. The van der Waals surface area contributed by atoms with Gasteiger partial charge in [0.2, 0.25) is 11.2 Å². The quantitative estimate of drug-likeness (QED) is 0.0841. The van der Waals surface area contributed by atoms with E-state index in [9.17, 15) is 34.8 Å². The Morgan fingerprint density at radius 3 is 1.04 bits per heavy atom. The molecule has 6 bridgehead atoms. The number of fused-ring (bicyclic) bond motifs is 15. The Labute approximate surface area is 525 Å². The van der Waals surface area contributed by atoms with Crippen LogP contribution >= 0.6 is 68.0 Å². The number of piperidine rings is 3. The van der Waals surface area contributed by atoms with Crippen LogP contribution < -0.4 is 34.0 Å². The largest absolute Gasteiger partial charge is 1.00 e. The van der Waals surface area contributed by atoms with E-state index >= 15 is 0 Å². The maximum Gasteiger partial charge on any atom is 0.349 e. The van der Waals surface area contributed by atoms with Gasteiger partial charge < -0.3 is 87.0 Å². The molecule has 4 N–H and O–H groups in total. The highest BCUT2D eigenvalue weighted by molar-refractivity contribution is 7.13. The van der Waals surface area contributed by atoms with E-state index in [0.717, 1.165) is 47.5 Å². The minimum Gasteiger partial charge on any atom is -1.00 e. The first-order valence-corrected chi connectivity index (χ1v) is 31.9. The molecule has 15 heterocycles. The lowest BCUT2D eigenvalue weighted by Crippen LogP contribution is -3.00. The van der Waals surface area contributed by atoms with Crippen molar-refractivity contribution in [2.24, 2.45) is 0 Å². The number of carbonyl (C=O) groups is 3. The van der Waals surface area contributed by atoms with E-state index in [4.69, 9.17) is 23.7 Å². The van der Waals surface area contributed by atoms with Crippen LogP contribution in [0.5, 0.6) is 0 Å². The number of esters is 2. The summed E-state index contributed by atoms with van der Waals surface area (Å²) in [6.07, 6.45) is 6.77. The van der Waals surface area contributed by atoms with Crippen LogP contribution in [0.3, 0.4) is 0 Å². The number of epoxide rings is 3. The van der Waals surface area contributed by atoms with Crippen molar-refractivity contribution in [3.8, 4) is 0 Å². The average molecular weight is 1370 g/mol. The third kappa shape index (κ3) is 11.4. The van der Waals surface area contributed by atoms with Crippen molar-refractivity contribution in [3.63, 3.8) is 0 Å². The van der Waals surface area contributed by atoms with Crippen LogP contribution in [0.15, 0.2) is 105 Å². The highest BCUT2D eigenvalue weighted by Crippen LogP contribution is 2.54. The van der Waals surface area contributed by atoms with Crippen LogP contribution in [0.25, 0.3) is 0 Å². The summed E-state index contributed by atoms with van der Waals surface area (Å²) in [6, 6.07) is 24.2. The van der Waals surface area contributed by atoms with E-state index in [0.29, 0.717) is 102 Å². The molecule has 9 aliphatic rings. The number of ether oxygens (including phenoxy) is 5. The van der Waals surface area contributed by atoms with Gasteiger partial charge in [0, 0.05) is 60.4 Å². The number of likely N-dealkylation sites (N-methyl/N-ethyl adjacent to an activating group) is 3. The zero-order valence-electron chi connectivity index (χ0n) is 44.9. The number of aliphatic hydroxyl groups is 4. The summed E-state index contributed by atoms with van der Waals surface area (Å²) in [5, 5.41) is 53.9. The molecule has 0 saturated carbocycles. The summed E-state index contributed by atoms with van der Waals surface area (Å²) >= 11 is 8.26. The number of ketones is 1. The molecule has 6 aromatic heterocycles. The van der Waals surface area contributed by atoms with E-state index < -0.39 is 28.7 Å². The Morgan fingerprint density at radius 2 is 0.756 bits per heavy atom. The van der Waals surface area contributed by atoms with Crippen molar-refractivity contribution in [2.75, 3.05) is 35.2 Å². The fraction of sp³-hybridized carbons (Fsp3) is 0.542. The molecular weight excluding hydrogens is 1290 g/mol. The lowest BCUT2D eigenvalue weighted by molar-refractivity contribution is -0.938. The Bertz CT molecular complexity index is 2890. The third-order valence-electron chi connectivity index (χ3n) is 18.4. The van der Waals surface area contributed by atoms with Gasteiger partial charge in [-0.2, -0.15) is 0 Å². The number of halogens is 2. The van der Waals surface area contributed by atoms with Gasteiger partial charge >= 0.3 is 11.9 Å². The maximum atomic E-state index is 13.1. The molecular formula is C59H75Br2N3O12S6. The van der Waals surface area contributed by atoms with Gasteiger partial charge in [-0.15, -0.1) is 68.0 Å². The van der Waals surface area contributed by atoms with Gasteiger partial charge in [0.05, 0.1) is 53.8 Å². The van der Waals surface area contributed by atoms with Crippen molar-refractivity contribution >= 4 is 85.7 Å². The first kappa shape index (κ1) is 65.3. The average Bonchev–Trinajstić information content (AvgIpc) is 3.83. The van der Waals surface area contributed by atoms with E-state index in [2.05, 4.69) is 40.1 Å². The van der Waals surface area contributed by atoms with Gasteiger partial charge in [-0.05, 0) is 82.6 Å². The first-order chi connectivity index (χ1) is 37.3. The Kier molecular flexibility index (Phi) is 19.8. The van der Waals surface area contributed by atoms with Gasteiger partial charge in [0.25, 0.3) is 0 Å².